The van der Waals surface area contributed by atoms with E-state index in [0.29, 0.717) is 6.42 Å². The molecule has 40 heavy (non-hydrogen) atoms. The third kappa shape index (κ3) is 6.19. The summed E-state index contributed by atoms with van der Waals surface area (Å²) in [5, 5.41) is 24.8. The van der Waals surface area contributed by atoms with Gasteiger partial charge in [0.15, 0.2) is 0 Å². The van der Waals surface area contributed by atoms with Gasteiger partial charge in [-0.25, -0.2) is 24.1 Å². The monoisotopic (exact) mass is 565 g/mol. The van der Waals surface area contributed by atoms with Crippen molar-refractivity contribution in [3.05, 3.63) is 30.7 Å². The van der Waals surface area contributed by atoms with Crippen molar-refractivity contribution in [2.45, 2.75) is 63.6 Å². The van der Waals surface area contributed by atoms with Gasteiger partial charge in [0, 0.05) is 22.7 Å². The number of anilines is 1. The zero-order valence-electron chi connectivity index (χ0n) is 22.2. The van der Waals surface area contributed by atoms with E-state index in [4.69, 9.17) is 4.74 Å². The van der Waals surface area contributed by atoms with Crippen LogP contribution in [0.3, 0.4) is 0 Å². The Kier molecular flexibility index (Phi) is 7.53. The number of aromatic nitrogens is 5. The number of rotatable bonds is 6. The molecule has 0 aliphatic carbocycles. The molecule has 1 saturated heterocycles. The highest BCUT2D eigenvalue weighted by atomic mass is 19.4. The Balaban J connectivity index is 1.69. The van der Waals surface area contributed by atoms with Crippen LogP contribution in [0.2, 0.25) is 0 Å². The first-order valence-corrected chi connectivity index (χ1v) is 12.0. The number of benzene rings is 1. The Bertz CT molecular complexity index is 1400. The molecular formula is C25H27F4N7O4. The standard InChI is InChI=1S/C25H27F4N7O4/c1-23(2)9-14(20(26)24(3,4)36-23)33-22-30-10-15(34-35-22)19-16(37)6-12(13-8-18(39-5)32-11-31-13)7-17(19)40-21(38)25(27,28)29/h6-8,10-11,14,20,36-37H,9H2,1-5H3,(H,30,33,35)/t14-,20-/m0/s1. The maximum atomic E-state index is 15.2. The number of alkyl halides is 4. The third-order valence-electron chi connectivity index (χ3n) is 6.23. The molecule has 15 heteroatoms. The van der Waals surface area contributed by atoms with Gasteiger partial charge in [0.2, 0.25) is 11.8 Å². The first-order chi connectivity index (χ1) is 18.6. The number of ether oxygens (including phenoxy) is 2. The lowest BCUT2D eigenvalue weighted by Crippen LogP contribution is -2.67. The Morgan fingerprint density at radius 2 is 1.82 bits per heavy atom. The fourth-order valence-corrected chi connectivity index (χ4v) is 4.75. The number of phenolic OH excluding ortho intramolecular Hbond substituents is 1. The van der Waals surface area contributed by atoms with Crippen LogP contribution in [-0.2, 0) is 4.79 Å². The summed E-state index contributed by atoms with van der Waals surface area (Å²) in [6.45, 7) is 7.35. The summed E-state index contributed by atoms with van der Waals surface area (Å²) < 4.78 is 63.9. The van der Waals surface area contributed by atoms with Gasteiger partial charge in [-0.1, -0.05) is 0 Å². The first-order valence-electron chi connectivity index (χ1n) is 12.0. The smallest absolute Gasteiger partial charge is 0.491 e. The van der Waals surface area contributed by atoms with Crippen molar-refractivity contribution in [3.63, 3.8) is 0 Å². The molecule has 11 nitrogen and oxygen atoms in total. The minimum absolute atomic E-state index is 0.0390. The van der Waals surface area contributed by atoms with Crippen LogP contribution in [0.25, 0.3) is 22.5 Å². The summed E-state index contributed by atoms with van der Waals surface area (Å²) in [6, 6.07) is 2.96. The molecule has 0 unspecified atom stereocenters. The fraction of sp³-hybridized carbons (Fsp3) is 0.440. The van der Waals surface area contributed by atoms with Crippen LogP contribution in [0.1, 0.15) is 34.1 Å². The molecule has 4 rings (SSSR count). The number of nitrogens with one attached hydrogen (secondary N) is 2. The van der Waals surface area contributed by atoms with Crippen molar-refractivity contribution in [1.82, 2.24) is 30.5 Å². The van der Waals surface area contributed by atoms with Crippen molar-refractivity contribution >= 4 is 11.9 Å². The highest BCUT2D eigenvalue weighted by Crippen LogP contribution is 2.41. The van der Waals surface area contributed by atoms with Gasteiger partial charge in [-0.2, -0.15) is 13.2 Å². The SMILES string of the molecule is COc1cc(-c2cc(O)c(-c3cnc(N[C@H]4CC(C)(C)NC(C)(C)[C@H]4F)nn3)c(OC(=O)C(F)(F)F)c2)ncn1. The van der Waals surface area contributed by atoms with Crippen molar-refractivity contribution in [3.8, 4) is 39.9 Å². The minimum Gasteiger partial charge on any atom is -0.507 e. The van der Waals surface area contributed by atoms with Crippen LogP contribution >= 0.6 is 0 Å². The molecule has 0 radical (unpaired) electrons. The maximum absolute atomic E-state index is 15.2. The van der Waals surface area contributed by atoms with E-state index in [0.717, 1.165) is 18.6 Å². The van der Waals surface area contributed by atoms with Gasteiger partial charge in [-0.3, -0.25) is 0 Å². The number of carbonyl (C=O) groups excluding carboxylic acids is 1. The van der Waals surface area contributed by atoms with Crippen molar-refractivity contribution in [2.24, 2.45) is 0 Å². The lowest BCUT2D eigenvalue weighted by molar-refractivity contribution is -0.189. The highest BCUT2D eigenvalue weighted by molar-refractivity contribution is 5.85. The van der Waals surface area contributed by atoms with Gasteiger partial charge >= 0.3 is 12.1 Å². The summed E-state index contributed by atoms with van der Waals surface area (Å²) in [7, 11) is 1.36. The molecule has 3 aromatic rings. The van der Waals surface area contributed by atoms with Crippen LogP contribution in [0, 0.1) is 0 Å². The molecule has 0 bridgehead atoms. The average Bonchev–Trinajstić information content (AvgIpc) is 2.86. The van der Waals surface area contributed by atoms with Crippen LogP contribution in [-0.4, -0.2) is 72.8 Å². The normalized spacial score (nSPS) is 20.0. The first kappa shape index (κ1) is 28.9. The number of halogens is 4. The van der Waals surface area contributed by atoms with E-state index in [1.165, 1.54) is 19.2 Å². The molecule has 1 aliphatic heterocycles. The molecule has 0 saturated carbocycles. The number of carbonyl (C=O) groups is 1. The Hall–Kier alpha value is -4.14. The van der Waals surface area contributed by atoms with Crippen LogP contribution < -0.4 is 20.1 Å². The van der Waals surface area contributed by atoms with E-state index in [-0.39, 0.29) is 34.3 Å². The Labute approximate surface area is 226 Å². The molecule has 214 valence electrons. The second-order valence-corrected chi connectivity index (χ2v) is 10.5. The van der Waals surface area contributed by atoms with E-state index >= 15 is 4.39 Å². The van der Waals surface area contributed by atoms with Gasteiger partial charge in [0.05, 0.1) is 30.6 Å². The summed E-state index contributed by atoms with van der Waals surface area (Å²) in [4.78, 5) is 23.7. The van der Waals surface area contributed by atoms with E-state index in [9.17, 15) is 23.1 Å². The second kappa shape index (κ2) is 10.4. The molecule has 3 N–H and O–H groups in total. The van der Waals surface area contributed by atoms with Crippen LogP contribution in [0.4, 0.5) is 23.5 Å². The summed E-state index contributed by atoms with van der Waals surface area (Å²) in [5.74, 6) is -3.67. The second-order valence-electron chi connectivity index (χ2n) is 10.5. The molecule has 3 heterocycles. The number of phenols is 1. The van der Waals surface area contributed by atoms with Crippen LogP contribution in [0.5, 0.6) is 17.4 Å². The predicted molar refractivity (Wildman–Crippen MR) is 134 cm³/mol. The minimum atomic E-state index is -5.32. The topological polar surface area (TPSA) is 144 Å². The lowest BCUT2D eigenvalue weighted by Gasteiger charge is -2.48. The lowest BCUT2D eigenvalue weighted by atomic mass is 9.78. The quantitative estimate of drug-likeness (QED) is 0.228. The predicted octanol–water partition coefficient (Wildman–Crippen LogP) is 3.85. The van der Waals surface area contributed by atoms with Gasteiger partial charge in [-0.05, 0) is 46.2 Å². The molecule has 0 amide bonds. The number of piperidine rings is 1. The van der Waals surface area contributed by atoms with Crippen molar-refractivity contribution < 1.29 is 36.9 Å². The van der Waals surface area contributed by atoms with Crippen molar-refractivity contribution in [2.75, 3.05) is 12.4 Å². The Morgan fingerprint density at radius 1 is 1.10 bits per heavy atom. The Morgan fingerprint density at radius 3 is 2.45 bits per heavy atom. The molecule has 1 fully saturated rings. The molecule has 2 atom stereocenters. The number of hydrogen-bond donors (Lipinski definition) is 3. The fourth-order valence-electron chi connectivity index (χ4n) is 4.75. The zero-order chi connectivity index (χ0) is 29.5. The average molecular weight is 566 g/mol. The van der Waals surface area contributed by atoms with Crippen molar-refractivity contribution in [1.29, 1.82) is 0 Å². The van der Waals surface area contributed by atoms with Gasteiger partial charge in [0.25, 0.3) is 0 Å². The molecule has 2 aromatic heterocycles. The highest BCUT2D eigenvalue weighted by Gasteiger charge is 2.46. The number of aromatic hydroxyl groups is 1. The largest absolute Gasteiger partial charge is 0.507 e. The number of methoxy groups -OCH3 is 1. The zero-order valence-corrected chi connectivity index (χ0v) is 22.2. The van der Waals surface area contributed by atoms with Gasteiger partial charge in [-0.15, -0.1) is 10.2 Å². The van der Waals surface area contributed by atoms with E-state index < -0.39 is 46.9 Å². The van der Waals surface area contributed by atoms with E-state index in [1.807, 2.05) is 13.8 Å². The number of nitrogens with zero attached hydrogens (tertiary/aromatic N) is 5. The van der Waals surface area contributed by atoms with Gasteiger partial charge < -0.3 is 25.2 Å². The summed E-state index contributed by atoms with van der Waals surface area (Å²) in [5.41, 5.74) is -1.56. The third-order valence-corrected chi connectivity index (χ3v) is 6.23. The summed E-state index contributed by atoms with van der Waals surface area (Å²) in [6.07, 6.45) is -3.98. The van der Waals surface area contributed by atoms with E-state index in [1.54, 1.807) is 13.8 Å². The molecule has 1 aliphatic rings. The summed E-state index contributed by atoms with van der Waals surface area (Å²) >= 11 is 0. The number of esters is 1. The van der Waals surface area contributed by atoms with Crippen LogP contribution in [0.15, 0.2) is 30.7 Å². The molecule has 0 spiro atoms. The van der Waals surface area contributed by atoms with E-state index in [2.05, 4.69) is 40.5 Å². The maximum Gasteiger partial charge on any atom is 0.491 e. The molecular weight excluding hydrogens is 538 g/mol. The molecule has 1 aromatic carbocycles. The van der Waals surface area contributed by atoms with Gasteiger partial charge in [0.1, 0.15) is 29.7 Å². The number of hydrogen-bond acceptors (Lipinski definition) is 11.